The maximum atomic E-state index is 12.1. The molecular formula is C17H21N3O3. The van der Waals surface area contributed by atoms with Gasteiger partial charge >= 0.3 is 0 Å². The molecule has 1 N–H and O–H groups in total. The smallest absolute Gasteiger partial charge is 0.228 e. The Hall–Kier alpha value is -2.50. The van der Waals surface area contributed by atoms with E-state index in [4.69, 9.17) is 9.47 Å². The van der Waals surface area contributed by atoms with Gasteiger partial charge in [-0.15, -0.1) is 0 Å². The second kappa shape index (κ2) is 6.32. The van der Waals surface area contributed by atoms with E-state index in [1.165, 1.54) is 0 Å². The SMILES string of the molecule is COc1cccc(Cn2nccc2NC(=O)C2CC2C)c1OC. The summed E-state index contributed by atoms with van der Waals surface area (Å²) in [5.41, 5.74) is 0.936. The van der Waals surface area contributed by atoms with Gasteiger partial charge in [0, 0.05) is 17.5 Å². The van der Waals surface area contributed by atoms with Gasteiger partial charge in [-0.2, -0.15) is 5.10 Å². The number of para-hydroxylation sites is 1. The Kier molecular flexibility index (Phi) is 4.23. The molecule has 23 heavy (non-hydrogen) atoms. The van der Waals surface area contributed by atoms with Gasteiger partial charge in [0.25, 0.3) is 0 Å². The van der Waals surface area contributed by atoms with Crippen molar-refractivity contribution in [3.8, 4) is 11.5 Å². The number of ether oxygens (including phenoxy) is 2. The van der Waals surface area contributed by atoms with Crippen LogP contribution in [0.5, 0.6) is 11.5 Å². The van der Waals surface area contributed by atoms with Gasteiger partial charge in [-0.25, -0.2) is 4.68 Å². The lowest BCUT2D eigenvalue weighted by molar-refractivity contribution is -0.117. The molecule has 2 atom stereocenters. The lowest BCUT2D eigenvalue weighted by atomic mass is 10.2. The number of carbonyl (C=O) groups excluding carboxylic acids is 1. The Labute approximate surface area is 135 Å². The zero-order chi connectivity index (χ0) is 16.4. The number of nitrogens with zero attached hydrogens (tertiary/aromatic N) is 2. The van der Waals surface area contributed by atoms with E-state index in [2.05, 4.69) is 17.3 Å². The zero-order valence-corrected chi connectivity index (χ0v) is 13.6. The number of benzene rings is 1. The fraction of sp³-hybridized carbons (Fsp3) is 0.412. The van der Waals surface area contributed by atoms with E-state index in [-0.39, 0.29) is 11.8 Å². The molecule has 0 radical (unpaired) electrons. The molecule has 1 aliphatic rings. The van der Waals surface area contributed by atoms with Gasteiger partial charge in [-0.05, 0) is 18.4 Å². The van der Waals surface area contributed by atoms with Crippen LogP contribution in [0.3, 0.4) is 0 Å². The van der Waals surface area contributed by atoms with E-state index >= 15 is 0 Å². The molecule has 3 rings (SSSR count). The minimum Gasteiger partial charge on any atom is -0.493 e. The predicted octanol–water partition coefficient (Wildman–Crippen LogP) is 2.54. The van der Waals surface area contributed by atoms with Crippen LogP contribution in [0, 0.1) is 11.8 Å². The molecule has 1 fully saturated rings. The molecule has 1 heterocycles. The molecule has 1 aromatic carbocycles. The van der Waals surface area contributed by atoms with Crippen molar-refractivity contribution in [1.82, 2.24) is 9.78 Å². The predicted molar refractivity (Wildman–Crippen MR) is 86.8 cm³/mol. The molecule has 122 valence electrons. The van der Waals surface area contributed by atoms with E-state index in [9.17, 15) is 4.79 Å². The summed E-state index contributed by atoms with van der Waals surface area (Å²) in [6, 6.07) is 7.52. The Morgan fingerprint density at radius 2 is 2.13 bits per heavy atom. The minimum atomic E-state index is 0.0665. The number of amides is 1. The highest BCUT2D eigenvalue weighted by Crippen LogP contribution is 2.38. The van der Waals surface area contributed by atoms with Crippen LogP contribution >= 0.6 is 0 Å². The minimum absolute atomic E-state index is 0.0665. The van der Waals surface area contributed by atoms with Crippen LogP contribution in [-0.4, -0.2) is 29.9 Å². The number of nitrogens with one attached hydrogen (secondary N) is 1. The molecule has 1 aliphatic carbocycles. The van der Waals surface area contributed by atoms with E-state index in [1.54, 1.807) is 31.2 Å². The van der Waals surface area contributed by atoms with E-state index < -0.39 is 0 Å². The van der Waals surface area contributed by atoms with E-state index in [1.807, 2.05) is 18.2 Å². The molecule has 1 aromatic heterocycles. The Balaban J connectivity index is 1.79. The molecular weight excluding hydrogens is 294 g/mol. The fourth-order valence-corrected chi connectivity index (χ4v) is 2.71. The quantitative estimate of drug-likeness (QED) is 0.889. The van der Waals surface area contributed by atoms with Crippen molar-refractivity contribution in [3.63, 3.8) is 0 Å². The highest BCUT2D eigenvalue weighted by molar-refractivity contribution is 5.93. The van der Waals surface area contributed by atoms with Gasteiger partial charge in [0.1, 0.15) is 5.82 Å². The van der Waals surface area contributed by atoms with E-state index in [0.717, 1.165) is 12.0 Å². The third-order valence-corrected chi connectivity index (χ3v) is 4.22. The van der Waals surface area contributed by atoms with Crippen LogP contribution in [0.25, 0.3) is 0 Å². The van der Waals surface area contributed by atoms with Crippen LogP contribution in [0.2, 0.25) is 0 Å². The molecule has 0 aliphatic heterocycles. The summed E-state index contributed by atoms with van der Waals surface area (Å²) in [6.07, 6.45) is 2.64. The first kappa shape index (κ1) is 15.4. The van der Waals surface area contributed by atoms with Crippen molar-refractivity contribution in [3.05, 3.63) is 36.0 Å². The summed E-state index contributed by atoms with van der Waals surface area (Å²) in [5.74, 6) is 2.72. The topological polar surface area (TPSA) is 65.4 Å². The number of carbonyl (C=O) groups is 1. The standard InChI is InChI=1S/C17H21N3O3/c1-11-9-13(11)17(21)19-15-7-8-18-20(15)10-12-5-4-6-14(22-2)16(12)23-3/h4-8,11,13H,9-10H2,1-3H3,(H,19,21). The van der Waals surface area contributed by atoms with Gasteiger partial charge < -0.3 is 14.8 Å². The molecule has 1 amide bonds. The summed E-state index contributed by atoms with van der Waals surface area (Å²) < 4.78 is 12.5. The molecule has 0 bridgehead atoms. The lowest BCUT2D eigenvalue weighted by Gasteiger charge is -2.14. The van der Waals surface area contributed by atoms with Crippen LogP contribution in [0.15, 0.2) is 30.5 Å². The van der Waals surface area contributed by atoms with Crippen LogP contribution in [0.1, 0.15) is 18.9 Å². The maximum absolute atomic E-state index is 12.1. The zero-order valence-electron chi connectivity index (χ0n) is 13.6. The Morgan fingerprint density at radius 1 is 1.35 bits per heavy atom. The third-order valence-electron chi connectivity index (χ3n) is 4.22. The summed E-state index contributed by atoms with van der Waals surface area (Å²) in [4.78, 5) is 12.1. The molecule has 6 nitrogen and oxygen atoms in total. The second-order valence-electron chi connectivity index (χ2n) is 5.84. The number of anilines is 1. The van der Waals surface area contributed by atoms with Gasteiger partial charge in [0.2, 0.25) is 5.91 Å². The molecule has 6 heteroatoms. The Bertz CT molecular complexity index is 711. The highest BCUT2D eigenvalue weighted by Gasteiger charge is 2.39. The first-order chi connectivity index (χ1) is 11.1. The number of hydrogen-bond acceptors (Lipinski definition) is 4. The van der Waals surface area contributed by atoms with Crippen molar-refractivity contribution in [2.75, 3.05) is 19.5 Å². The monoisotopic (exact) mass is 315 g/mol. The average molecular weight is 315 g/mol. The molecule has 0 saturated heterocycles. The number of aromatic nitrogens is 2. The highest BCUT2D eigenvalue weighted by atomic mass is 16.5. The molecule has 0 spiro atoms. The van der Waals surface area contributed by atoms with Crippen molar-refractivity contribution >= 4 is 11.7 Å². The fourth-order valence-electron chi connectivity index (χ4n) is 2.71. The van der Waals surface area contributed by atoms with E-state index in [0.29, 0.717) is 29.8 Å². The number of hydrogen-bond donors (Lipinski definition) is 1. The first-order valence-corrected chi connectivity index (χ1v) is 7.66. The molecule has 1 saturated carbocycles. The van der Waals surface area contributed by atoms with Crippen LogP contribution < -0.4 is 14.8 Å². The summed E-state index contributed by atoms with van der Waals surface area (Å²) >= 11 is 0. The van der Waals surface area contributed by atoms with Gasteiger partial charge in [-0.1, -0.05) is 19.1 Å². The maximum Gasteiger partial charge on any atom is 0.228 e. The van der Waals surface area contributed by atoms with Gasteiger partial charge in [0.15, 0.2) is 11.5 Å². The van der Waals surface area contributed by atoms with Crippen LogP contribution in [-0.2, 0) is 11.3 Å². The summed E-state index contributed by atoms with van der Waals surface area (Å²) in [7, 11) is 3.22. The largest absolute Gasteiger partial charge is 0.493 e. The normalized spacial score (nSPS) is 19.3. The second-order valence-corrected chi connectivity index (χ2v) is 5.84. The third kappa shape index (κ3) is 3.16. The number of rotatable bonds is 6. The summed E-state index contributed by atoms with van der Waals surface area (Å²) in [6.45, 7) is 2.58. The molecule has 2 aromatic rings. The van der Waals surface area contributed by atoms with Crippen molar-refractivity contribution in [2.24, 2.45) is 11.8 Å². The van der Waals surface area contributed by atoms with Crippen LogP contribution in [0.4, 0.5) is 5.82 Å². The van der Waals surface area contributed by atoms with Gasteiger partial charge in [-0.3, -0.25) is 4.79 Å². The van der Waals surface area contributed by atoms with Gasteiger partial charge in [0.05, 0.1) is 27.0 Å². The Morgan fingerprint density at radius 3 is 2.78 bits per heavy atom. The summed E-state index contributed by atoms with van der Waals surface area (Å²) in [5, 5.41) is 7.26. The average Bonchev–Trinajstić information content (AvgIpc) is 3.14. The molecule has 2 unspecified atom stereocenters. The lowest BCUT2D eigenvalue weighted by Crippen LogP contribution is -2.18. The first-order valence-electron chi connectivity index (χ1n) is 7.66. The van der Waals surface area contributed by atoms with Crippen molar-refractivity contribution < 1.29 is 14.3 Å². The number of methoxy groups -OCH3 is 2. The van der Waals surface area contributed by atoms with Crippen molar-refractivity contribution in [2.45, 2.75) is 19.9 Å². The van der Waals surface area contributed by atoms with Crippen molar-refractivity contribution in [1.29, 1.82) is 0 Å².